The molecule has 1 fully saturated rings. The molecule has 1 saturated heterocycles. The molecule has 0 bridgehead atoms. The number of sulfonamides is 1. The normalized spacial score (nSPS) is 17.9. The highest BCUT2D eigenvalue weighted by molar-refractivity contribution is 7.89. The molecule has 174 valence electrons. The van der Waals surface area contributed by atoms with Crippen molar-refractivity contribution in [2.75, 3.05) is 24.5 Å². The molecule has 0 radical (unpaired) electrons. The maximum atomic E-state index is 13.3. The van der Waals surface area contributed by atoms with Crippen LogP contribution in [0, 0.1) is 13.8 Å². The molecule has 2 aromatic carbocycles. The van der Waals surface area contributed by atoms with Gasteiger partial charge < -0.3 is 14.7 Å². The van der Waals surface area contributed by atoms with Gasteiger partial charge in [-0.1, -0.05) is 17.7 Å². The van der Waals surface area contributed by atoms with E-state index in [9.17, 15) is 18.3 Å². The Bertz CT molecular complexity index is 1130. The van der Waals surface area contributed by atoms with Crippen LogP contribution >= 0.6 is 11.6 Å². The average Bonchev–Trinajstić information content (AvgIpc) is 2.71. The number of carboxylic acid groups (broad SMARTS) is 1. The van der Waals surface area contributed by atoms with Crippen LogP contribution in [0.25, 0.3) is 0 Å². The van der Waals surface area contributed by atoms with E-state index in [1.54, 1.807) is 6.92 Å². The first-order chi connectivity index (χ1) is 14.8. The number of nitrogens with zero attached hydrogens (tertiary/aromatic N) is 2. The fourth-order valence-corrected chi connectivity index (χ4v) is 5.52. The lowest BCUT2D eigenvalue weighted by Gasteiger charge is -2.41. The van der Waals surface area contributed by atoms with Crippen LogP contribution in [-0.4, -0.2) is 55.1 Å². The maximum Gasteiger partial charge on any atom is 0.347 e. The van der Waals surface area contributed by atoms with Crippen molar-refractivity contribution < 1.29 is 23.1 Å². The molecule has 0 spiro atoms. The van der Waals surface area contributed by atoms with Crippen LogP contribution in [0.1, 0.15) is 31.9 Å². The minimum absolute atomic E-state index is 0.0317. The van der Waals surface area contributed by atoms with Crippen molar-refractivity contribution in [1.82, 2.24) is 4.31 Å². The first-order valence-corrected chi connectivity index (χ1v) is 12.2. The molecular weight excluding hydrogens is 452 g/mol. The molecule has 2 aromatic rings. The van der Waals surface area contributed by atoms with Gasteiger partial charge in [0.15, 0.2) is 5.60 Å². The van der Waals surface area contributed by atoms with Gasteiger partial charge in [-0.3, -0.25) is 0 Å². The number of aliphatic carboxylic acids is 1. The van der Waals surface area contributed by atoms with E-state index in [0.717, 1.165) is 11.3 Å². The second kappa shape index (κ2) is 8.92. The third-order valence-electron chi connectivity index (χ3n) is 5.74. The van der Waals surface area contributed by atoms with E-state index in [1.165, 1.54) is 36.4 Å². The molecule has 0 amide bonds. The second-order valence-corrected chi connectivity index (χ2v) is 11.1. The monoisotopic (exact) mass is 480 g/mol. The highest BCUT2D eigenvalue weighted by Crippen LogP contribution is 2.31. The van der Waals surface area contributed by atoms with Crippen molar-refractivity contribution >= 4 is 33.3 Å². The van der Waals surface area contributed by atoms with Crippen LogP contribution in [0.15, 0.2) is 41.3 Å². The van der Waals surface area contributed by atoms with Crippen molar-refractivity contribution in [3.05, 3.63) is 52.5 Å². The van der Waals surface area contributed by atoms with E-state index in [-0.39, 0.29) is 10.9 Å². The topological polar surface area (TPSA) is 87.2 Å². The van der Waals surface area contributed by atoms with Crippen LogP contribution in [0.5, 0.6) is 5.75 Å². The number of halogens is 1. The fourth-order valence-electron chi connectivity index (χ4n) is 3.76. The molecule has 1 N–H and O–H groups in total. The number of aryl methyl sites for hydroxylation is 2. The van der Waals surface area contributed by atoms with Crippen LogP contribution < -0.4 is 9.64 Å². The summed E-state index contributed by atoms with van der Waals surface area (Å²) in [6.07, 6.45) is 0. The van der Waals surface area contributed by atoms with Crippen molar-refractivity contribution in [2.45, 2.75) is 51.2 Å². The van der Waals surface area contributed by atoms with Gasteiger partial charge in [0.25, 0.3) is 0 Å². The van der Waals surface area contributed by atoms with Gasteiger partial charge in [0.05, 0.1) is 4.90 Å². The number of carbonyl (C=O) groups is 1. The number of hydrogen-bond acceptors (Lipinski definition) is 5. The minimum Gasteiger partial charge on any atom is -0.478 e. The predicted octanol–water partition coefficient (Wildman–Crippen LogP) is 4.10. The van der Waals surface area contributed by atoms with E-state index in [4.69, 9.17) is 16.3 Å². The van der Waals surface area contributed by atoms with Crippen molar-refractivity contribution in [3.63, 3.8) is 0 Å². The summed E-state index contributed by atoms with van der Waals surface area (Å²) in [5.74, 6) is -0.763. The van der Waals surface area contributed by atoms with Gasteiger partial charge >= 0.3 is 5.97 Å². The Labute approximate surface area is 194 Å². The summed E-state index contributed by atoms with van der Waals surface area (Å²) in [7, 11) is -3.71. The Balaban J connectivity index is 1.80. The molecule has 1 unspecified atom stereocenters. The van der Waals surface area contributed by atoms with E-state index in [2.05, 4.69) is 4.90 Å². The van der Waals surface area contributed by atoms with Gasteiger partial charge in [-0.25, -0.2) is 13.2 Å². The molecule has 3 rings (SSSR count). The lowest BCUT2D eigenvalue weighted by Crippen LogP contribution is -2.53. The average molecular weight is 481 g/mol. The molecule has 0 aliphatic carbocycles. The van der Waals surface area contributed by atoms with Gasteiger partial charge in [0.1, 0.15) is 5.75 Å². The van der Waals surface area contributed by atoms with E-state index < -0.39 is 21.6 Å². The van der Waals surface area contributed by atoms with Crippen molar-refractivity contribution in [2.24, 2.45) is 0 Å². The van der Waals surface area contributed by atoms with Crippen LogP contribution in [0.2, 0.25) is 5.02 Å². The summed E-state index contributed by atoms with van der Waals surface area (Å²) in [4.78, 5) is 13.7. The molecule has 1 aliphatic heterocycles. The molecule has 32 heavy (non-hydrogen) atoms. The van der Waals surface area contributed by atoms with Crippen molar-refractivity contribution in [3.8, 4) is 5.75 Å². The summed E-state index contributed by atoms with van der Waals surface area (Å²) in [5, 5.41) is 9.92. The van der Waals surface area contributed by atoms with Gasteiger partial charge in [-0.15, -0.1) is 0 Å². The fraction of sp³-hybridized carbons (Fsp3) is 0.435. The number of ether oxygens (including phenoxy) is 1. The van der Waals surface area contributed by atoms with Crippen LogP contribution in [-0.2, 0) is 14.8 Å². The zero-order valence-electron chi connectivity index (χ0n) is 18.9. The number of anilines is 1. The Kier molecular flexibility index (Phi) is 6.79. The van der Waals surface area contributed by atoms with Crippen LogP contribution in [0.3, 0.4) is 0 Å². The van der Waals surface area contributed by atoms with Gasteiger partial charge in [0, 0.05) is 36.4 Å². The lowest BCUT2D eigenvalue weighted by molar-refractivity contribution is -0.152. The van der Waals surface area contributed by atoms with Gasteiger partial charge in [-0.05, 0) is 76.1 Å². The highest BCUT2D eigenvalue weighted by atomic mass is 35.5. The molecule has 1 atom stereocenters. The first kappa shape index (κ1) is 24.4. The minimum atomic E-state index is -3.71. The maximum absolute atomic E-state index is 13.3. The SMILES string of the molecule is Cc1cc(S(=O)(=O)N2CCN(c3cc(Cl)ccc3C)C(C)C2)ccc1OC(C)(C)C(=O)O. The highest BCUT2D eigenvalue weighted by Gasteiger charge is 2.34. The van der Waals surface area contributed by atoms with E-state index in [1.807, 2.05) is 32.0 Å². The summed E-state index contributed by atoms with van der Waals surface area (Å²) in [5.41, 5.74) is 1.24. The third-order valence-corrected chi connectivity index (χ3v) is 7.83. The molecule has 0 saturated carbocycles. The third kappa shape index (κ3) is 4.87. The Morgan fingerprint density at radius 1 is 1.12 bits per heavy atom. The first-order valence-electron chi connectivity index (χ1n) is 10.4. The van der Waals surface area contributed by atoms with Crippen molar-refractivity contribution in [1.29, 1.82) is 0 Å². The second-order valence-electron chi connectivity index (χ2n) is 8.68. The Morgan fingerprint density at radius 3 is 2.41 bits per heavy atom. The smallest absolute Gasteiger partial charge is 0.347 e. The zero-order valence-corrected chi connectivity index (χ0v) is 20.5. The molecule has 7 nitrogen and oxygen atoms in total. The van der Waals surface area contributed by atoms with Gasteiger partial charge in [-0.2, -0.15) is 4.31 Å². The molecule has 9 heteroatoms. The molecule has 1 aliphatic rings. The summed E-state index contributed by atoms with van der Waals surface area (Å²) >= 11 is 6.17. The molecule has 0 aromatic heterocycles. The van der Waals surface area contributed by atoms with Crippen LogP contribution in [0.4, 0.5) is 5.69 Å². The zero-order chi connectivity index (χ0) is 23.8. The number of piperazine rings is 1. The Hall–Kier alpha value is -2.29. The molecular formula is C23H29ClN2O5S. The number of hydrogen-bond donors (Lipinski definition) is 1. The summed E-state index contributed by atoms with van der Waals surface area (Å²) in [6, 6.07) is 10.2. The largest absolute Gasteiger partial charge is 0.478 e. The Morgan fingerprint density at radius 2 is 1.81 bits per heavy atom. The standard InChI is InChI=1S/C23H29ClN2O5S/c1-15-6-7-18(24)13-20(15)26-11-10-25(14-17(26)3)32(29,30)19-8-9-21(16(2)12-19)31-23(4,5)22(27)28/h6-9,12-13,17H,10-11,14H2,1-5H3,(H,27,28). The lowest BCUT2D eigenvalue weighted by atomic mass is 10.1. The number of benzene rings is 2. The predicted molar refractivity (Wildman–Crippen MR) is 125 cm³/mol. The molecule has 1 heterocycles. The van der Waals surface area contributed by atoms with E-state index >= 15 is 0 Å². The van der Waals surface area contributed by atoms with E-state index in [0.29, 0.717) is 36.0 Å². The quantitative estimate of drug-likeness (QED) is 0.669. The summed E-state index contributed by atoms with van der Waals surface area (Å²) in [6.45, 7) is 9.85. The number of carboxylic acids is 1. The summed E-state index contributed by atoms with van der Waals surface area (Å²) < 4.78 is 33.7. The number of rotatable bonds is 6. The van der Waals surface area contributed by atoms with Gasteiger partial charge in [0.2, 0.25) is 10.0 Å².